The lowest BCUT2D eigenvalue weighted by Gasteiger charge is -2.09. The van der Waals surface area contributed by atoms with Crippen molar-refractivity contribution in [3.05, 3.63) is 0 Å². The maximum atomic E-state index is 5.28. The average Bonchev–Trinajstić information content (AvgIpc) is 2.52. The van der Waals surface area contributed by atoms with Crippen LogP contribution in [-0.4, -0.2) is 12.9 Å². The van der Waals surface area contributed by atoms with Gasteiger partial charge in [-0.25, -0.2) is 5.84 Å². The van der Waals surface area contributed by atoms with Gasteiger partial charge in [0.25, 0.3) is 0 Å². The molecule has 0 saturated heterocycles. The van der Waals surface area contributed by atoms with Crippen molar-refractivity contribution in [3.63, 3.8) is 0 Å². The predicted molar refractivity (Wildman–Crippen MR) is 47.3 cm³/mol. The number of rotatable bonds is 2. The Morgan fingerprint density at radius 3 is 2.64 bits per heavy atom. The summed E-state index contributed by atoms with van der Waals surface area (Å²) in [5, 5.41) is 0. The molecule has 3 N–H and O–H groups in total. The van der Waals surface area contributed by atoms with Crippen molar-refractivity contribution in [2.75, 3.05) is 7.05 Å². The molecule has 0 atom stereocenters. The van der Waals surface area contributed by atoms with Crippen molar-refractivity contribution in [2.45, 2.75) is 32.1 Å². The molecule has 0 bridgehead atoms. The number of nitrogens with two attached hydrogens (primary N) is 1. The van der Waals surface area contributed by atoms with Gasteiger partial charge in [0.2, 0.25) is 0 Å². The molecular weight excluding hydrogens is 138 g/mol. The summed E-state index contributed by atoms with van der Waals surface area (Å²) in [6.07, 6.45) is 6.49. The van der Waals surface area contributed by atoms with Gasteiger partial charge in [-0.05, 0) is 5.92 Å². The fraction of sp³-hybridized carbons (Fsp3) is 0.875. The fourth-order valence-corrected chi connectivity index (χ4v) is 1.70. The highest BCUT2D eigenvalue weighted by atomic mass is 15.2. The van der Waals surface area contributed by atoms with Gasteiger partial charge >= 0.3 is 0 Å². The van der Waals surface area contributed by atoms with E-state index in [1.165, 1.54) is 25.7 Å². The first-order valence-electron chi connectivity index (χ1n) is 4.29. The van der Waals surface area contributed by atoms with Crippen LogP contribution in [0.5, 0.6) is 0 Å². The minimum Gasteiger partial charge on any atom is -0.312 e. The van der Waals surface area contributed by atoms with Gasteiger partial charge in [0.05, 0.1) is 0 Å². The van der Waals surface area contributed by atoms with E-state index >= 15 is 0 Å². The Morgan fingerprint density at radius 1 is 1.55 bits per heavy atom. The van der Waals surface area contributed by atoms with E-state index in [0.717, 1.165) is 18.2 Å². The Hall–Kier alpha value is -0.570. The molecule has 1 aliphatic carbocycles. The summed E-state index contributed by atoms with van der Waals surface area (Å²) < 4.78 is 0. The molecule has 0 unspecified atom stereocenters. The number of aliphatic imine (C=N–C) groups is 1. The quantitative estimate of drug-likeness (QED) is 0.271. The Bertz CT molecular complexity index is 136. The normalized spacial score (nSPS) is 20.7. The van der Waals surface area contributed by atoms with Gasteiger partial charge in [-0.1, -0.05) is 25.7 Å². The summed E-state index contributed by atoms with van der Waals surface area (Å²) in [5.74, 6) is 7.05. The molecule has 1 rings (SSSR count). The molecule has 1 aliphatic rings. The van der Waals surface area contributed by atoms with Gasteiger partial charge in [0, 0.05) is 13.5 Å². The van der Waals surface area contributed by atoms with E-state index in [1.807, 2.05) is 0 Å². The Kier molecular flexibility index (Phi) is 3.36. The highest BCUT2D eigenvalue weighted by Gasteiger charge is 2.16. The van der Waals surface area contributed by atoms with Crippen molar-refractivity contribution < 1.29 is 0 Å². The summed E-state index contributed by atoms with van der Waals surface area (Å²) in [7, 11) is 1.78. The van der Waals surface area contributed by atoms with Gasteiger partial charge in [-0.15, -0.1) is 0 Å². The van der Waals surface area contributed by atoms with Crippen molar-refractivity contribution >= 4 is 5.84 Å². The van der Waals surface area contributed by atoms with Crippen LogP contribution in [0.2, 0.25) is 0 Å². The molecule has 0 heterocycles. The fourth-order valence-electron chi connectivity index (χ4n) is 1.70. The number of hydrogen-bond acceptors (Lipinski definition) is 2. The highest BCUT2D eigenvalue weighted by Crippen LogP contribution is 2.27. The van der Waals surface area contributed by atoms with Gasteiger partial charge in [0.1, 0.15) is 5.84 Å². The van der Waals surface area contributed by atoms with Crippen LogP contribution >= 0.6 is 0 Å². The molecule has 0 spiro atoms. The molecule has 3 nitrogen and oxygen atoms in total. The third-order valence-corrected chi connectivity index (χ3v) is 2.39. The van der Waals surface area contributed by atoms with Gasteiger partial charge in [0.15, 0.2) is 0 Å². The van der Waals surface area contributed by atoms with E-state index in [2.05, 4.69) is 10.4 Å². The van der Waals surface area contributed by atoms with E-state index in [4.69, 9.17) is 5.84 Å². The van der Waals surface area contributed by atoms with Crippen LogP contribution < -0.4 is 11.3 Å². The average molecular weight is 155 g/mol. The van der Waals surface area contributed by atoms with Gasteiger partial charge in [-0.3, -0.25) is 4.99 Å². The van der Waals surface area contributed by atoms with Crippen LogP contribution in [0, 0.1) is 5.92 Å². The minimum atomic E-state index is 0.824. The Balaban J connectivity index is 2.27. The van der Waals surface area contributed by atoms with Crippen LogP contribution in [0.15, 0.2) is 4.99 Å². The number of nitrogens with zero attached hydrogens (tertiary/aromatic N) is 1. The summed E-state index contributed by atoms with van der Waals surface area (Å²) >= 11 is 0. The first-order chi connectivity index (χ1) is 5.36. The molecule has 0 radical (unpaired) electrons. The molecule has 11 heavy (non-hydrogen) atoms. The first-order valence-corrected chi connectivity index (χ1v) is 4.29. The second kappa shape index (κ2) is 4.34. The Morgan fingerprint density at radius 2 is 2.18 bits per heavy atom. The lowest BCUT2D eigenvalue weighted by atomic mass is 10.0. The maximum absolute atomic E-state index is 5.28. The van der Waals surface area contributed by atoms with Crippen LogP contribution in [-0.2, 0) is 0 Å². The number of nitrogens with one attached hydrogen (secondary N) is 1. The van der Waals surface area contributed by atoms with Crippen LogP contribution in [0.1, 0.15) is 32.1 Å². The van der Waals surface area contributed by atoms with Gasteiger partial charge in [-0.2, -0.15) is 0 Å². The van der Waals surface area contributed by atoms with E-state index in [9.17, 15) is 0 Å². The van der Waals surface area contributed by atoms with E-state index in [1.54, 1.807) is 7.05 Å². The lowest BCUT2D eigenvalue weighted by Crippen LogP contribution is -2.31. The molecule has 3 heteroatoms. The molecule has 0 aromatic heterocycles. The Labute approximate surface area is 68.0 Å². The lowest BCUT2D eigenvalue weighted by molar-refractivity contribution is 0.565. The third-order valence-electron chi connectivity index (χ3n) is 2.39. The van der Waals surface area contributed by atoms with Crippen molar-refractivity contribution in [3.8, 4) is 0 Å². The molecule has 0 aromatic carbocycles. The first kappa shape index (κ1) is 8.53. The van der Waals surface area contributed by atoms with Crippen molar-refractivity contribution in [1.29, 1.82) is 0 Å². The summed E-state index contributed by atoms with van der Waals surface area (Å²) in [6.45, 7) is 0. The largest absolute Gasteiger partial charge is 0.312 e. The zero-order valence-corrected chi connectivity index (χ0v) is 7.14. The molecule has 0 aliphatic heterocycles. The second-order valence-electron chi connectivity index (χ2n) is 3.17. The number of amidine groups is 1. The SMILES string of the molecule is CN=C(CC1CCCC1)NN. The van der Waals surface area contributed by atoms with Gasteiger partial charge < -0.3 is 5.43 Å². The summed E-state index contributed by atoms with van der Waals surface area (Å²) in [4.78, 5) is 4.05. The summed E-state index contributed by atoms with van der Waals surface area (Å²) in [6, 6.07) is 0. The number of hydrazine groups is 1. The van der Waals surface area contributed by atoms with E-state index in [-0.39, 0.29) is 0 Å². The predicted octanol–water partition coefficient (Wildman–Crippen LogP) is 1.06. The van der Waals surface area contributed by atoms with Crippen LogP contribution in [0.25, 0.3) is 0 Å². The van der Waals surface area contributed by atoms with Crippen LogP contribution in [0.3, 0.4) is 0 Å². The zero-order chi connectivity index (χ0) is 8.10. The zero-order valence-electron chi connectivity index (χ0n) is 7.14. The topological polar surface area (TPSA) is 50.4 Å². The molecule has 0 aromatic rings. The third kappa shape index (κ3) is 2.50. The second-order valence-corrected chi connectivity index (χ2v) is 3.17. The van der Waals surface area contributed by atoms with E-state index < -0.39 is 0 Å². The molecule has 64 valence electrons. The molecule has 1 saturated carbocycles. The minimum absolute atomic E-state index is 0.824. The molecule has 0 amide bonds. The highest BCUT2D eigenvalue weighted by molar-refractivity contribution is 5.81. The standard InChI is InChI=1S/C8H17N3/c1-10-8(11-9)6-7-4-2-3-5-7/h7H,2-6,9H2,1H3,(H,10,11). The summed E-state index contributed by atoms with van der Waals surface area (Å²) in [5.41, 5.74) is 2.63. The van der Waals surface area contributed by atoms with Crippen molar-refractivity contribution in [1.82, 2.24) is 5.43 Å². The smallest absolute Gasteiger partial charge is 0.110 e. The van der Waals surface area contributed by atoms with Crippen LogP contribution in [0.4, 0.5) is 0 Å². The molecular formula is C8H17N3. The maximum Gasteiger partial charge on any atom is 0.110 e. The monoisotopic (exact) mass is 155 g/mol. The van der Waals surface area contributed by atoms with E-state index in [0.29, 0.717) is 0 Å². The molecule has 1 fully saturated rings. The van der Waals surface area contributed by atoms with Crippen molar-refractivity contribution in [2.24, 2.45) is 16.8 Å². The number of hydrogen-bond donors (Lipinski definition) is 2.